The molecule has 86 valence electrons. The number of ether oxygens (including phenoxy) is 1. The Bertz CT molecular complexity index is 401. The van der Waals surface area contributed by atoms with Gasteiger partial charge in [-0.25, -0.2) is 0 Å². The Morgan fingerprint density at radius 3 is 3.06 bits per heavy atom. The number of aryl methyl sites for hydroxylation is 1. The molecule has 1 aromatic carbocycles. The fourth-order valence-corrected chi connectivity index (χ4v) is 2.19. The van der Waals surface area contributed by atoms with E-state index >= 15 is 0 Å². The number of hydrogen-bond acceptors (Lipinski definition) is 3. The Morgan fingerprint density at radius 2 is 2.31 bits per heavy atom. The zero-order valence-corrected chi connectivity index (χ0v) is 9.53. The third-order valence-corrected chi connectivity index (χ3v) is 3.11. The van der Waals surface area contributed by atoms with Gasteiger partial charge >= 0.3 is 5.97 Å². The summed E-state index contributed by atoms with van der Waals surface area (Å²) in [5, 5.41) is 0. The fourth-order valence-electron chi connectivity index (χ4n) is 2.19. The molecule has 0 radical (unpaired) electrons. The first-order valence-electron chi connectivity index (χ1n) is 5.62. The number of methoxy groups -OCH3 is 1. The Kier molecular flexibility index (Phi) is 3.25. The van der Waals surface area contributed by atoms with Crippen LogP contribution >= 0.6 is 0 Å². The van der Waals surface area contributed by atoms with Crippen molar-refractivity contribution in [1.29, 1.82) is 0 Å². The summed E-state index contributed by atoms with van der Waals surface area (Å²) in [7, 11) is 1.42. The first-order valence-corrected chi connectivity index (χ1v) is 5.62. The molecule has 1 aliphatic carbocycles. The van der Waals surface area contributed by atoms with Crippen LogP contribution in [0, 0.1) is 0 Å². The Morgan fingerprint density at radius 1 is 1.50 bits per heavy atom. The number of carbonyl (C=O) groups is 1. The van der Waals surface area contributed by atoms with Crippen molar-refractivity contribution >= 4 is 5.97 Å². The summed E-state index contributed by atoms with van der Waals surface area (Å²) in [6.45, 7) is 0. The van der Waals surface area contributed by atoms with Crippen molar-refractivity contribution in [2.45, 2.75) is 31.7 Å². The molecule has 0 fully saturated rings. The van der Waals surface area contributed by atoms with Gasteiger partial charge in [-0.2, -0.15) is 0 Å². The molecule has 0 bridgehead atoms. The van der Waals surface area contributed by atoms with Crippen molar-refractivity contribution in [3.05, 3.63) is 34.9 Å². The minimum Gasteiger partial charge on any atom is -0.469 e. The predicted molar refractivity (Wildman–Crippen MR) is 62.2 cm³/mol. The molecule has 0 saturated carbocycles. The summed E-state index contributed by atoms with van der Waals surface area (Å²) in [4.78, 5) is 11.2. The molecule has 3 nitrogen and oxygen atoms in total. The number of hydrogen-bond donors (Lipinski definition) is 1. The molecule has 1 atom stereocenters. The van der Waals surface area contributed by atoms with Crippen LogP contribution in [-0.4, -0.2) is 19.1 Å². The molecule has 2 N–H and O–H groups in total. The standard InChI is InChI=1S/C13H17NO2/c1-16-13(15)7-9-2-3-11-8-12(14)5-4-10(11)6-9/h2-3,6,12H,4-5,7-8,14H2,1H3. The number of esters is 1. The molecule has 0 aliphatic heterocycles. The van der Waals surface area contributed by atoms with E-state index in [0.717, 1.165) is 24.8 Å². The molecule has 0 aromatic heterocycles. The van der Waals surface area contributed by atoms with Gasteiger partial charge in [0.1, 0.15) is 0 Å². The van der Waals surface area contributed by atoms with E-state index in [0.29, 0.717) is 12.5 Å². The summed E-state index contributed by atoms with van der Waals surface area (Å²) in [6, 6.07) is 6.48. The monoisotopic (exact) mass is 219 g/mol. The van der Waals surface area contributed by atoms with Gasteiger partial charge in [-0.1, -0.05) is 18.2 Å². The minimum absolute atomic E-state index is 0.188. The molecule has 0 saturated heterocycles. The number of carbonyl (C=O) groups excluding carboxylic acids is 1. The maximum atomic E-state index is 11.2. The summed E-state index contributed by atoms with van der Waals surface area (Å²) in [5.41, 5.74) is 9.61. The number of rotatable bonds is 2. The molecule has 16 heavy (non-hydrogen) atoms. The largest absolute Gasteiger partial charge is 0.469 e. The van der Waals surface area contributed by atoms with Crippen LogP contribution in [0.5, 0.6) is 0 Å². The highest BCUT2D eigenvalue weighted by atomic mass is 16.5. The van der Waals surface area contributed by atoms with Gasteiger partial charge < -0.3 is 10.5 Å². The average Bonchev–Trinajstić information content (AvgIpc) is 2.29. The lowest BCUT2D eigenvalue weighted by molar-refractivity contribution is -0.139. The van der Waals surface area contributed by atoms with Crippen LogP contribution in [0.25, 0.3) is 0 Å². The molecule has 1 aromatic rings. The van der Waals surface area contributed by atoms with Gasteiger partial charge in [0.25, 0.3) is 0 Å². The first kappa shape index (κ1) is 11.1. The Balaban J connectivity index is 2.16. The fraction of sp³-hybridized carbons (Fsp3) is 0.462. The third kappa shape index (κ3) is 2.42. The van der Waals surface area contributed by atoms with Gasteiger partial charge in [0, 0.05) is 6.04 Å². The number of fused-ring (bicyclic) bond motifs is 1. The van der Waals surface area contributed by atoms with Gasteiger partial charge in [-0.15, -0.1) is 0 Å². The predicted octanol–water partition coefficient (Wildman–Crippen LogP) is 1.22. The maximum Gasteiger partial charge on any atom is 0.309 e. The van der Waals surface area contributed by atoms with Crippen molar-refractivity contribution in [3.8, 4) is 0 Å². The lowest BCUT2D eigenvalue weighted by Gasteiger charge is -2.21. The minimum atomic E-state index is -0.188. The van der Waals surface area contributed by atoms with Gasteiger partial charge in [0.05, 0.1) is 13.5 Å². The highest BCUT2D eigenvalue weighted by molar-refractivity contribution is 5.72. The maximum absolute atomic E-state index is 11.2. The van der Waals surface area contributed by atoms with E-state index in [1.165, 1.54) is 18.2 Å². The SMILES string of the molecule is COC(=O)Cc1ccc2c(c1)CCC(N)C2. The van der Waals surface area contributed by atoms with Crippen LogP contribution in [0.4, 0.5) is 0 Å². The van der Waals surface area contributed by atoms with Crippen molar-refractivity contribution in [1.82, 2.24) is 0 Å². The van der Waals surface area contributed by atoms with Crippen LogP contribution in [0.1, 0.15) is 23.1 Å². The van der Waals surface area contributed by atoms with Crippen molar-refractivity contribution in [3.63, 3.8) is 0 Å². The summed E-state index contributed by atoms with van der Waals surface area (Å²) in [5.74, 6) is -0.188. The van der Waals surface area contributed by atoms with Crippen LogP contribution < -0.4 is 5.73 Å². The second-order valence-corrected chi connectivity index (χ2v) is 4.36. The smallest absolute Gasteiger partial charge is 0.309 e. The van der Waals surface area contributed by atoms with Crippen LogP contribution in [0.15, 0.2) is 18.2 Å². The summed E-state index contributed by atoms with van der Waals surface area (Å²) in [6.07, 6.45) is 3.36. The quantitative estimate of drug-likeness (QED) is 0.761. The van der Waals surface area contributed by atoms with Crippen molar-refractivity contribution in [2.24, 2.45) is 5.73 Å². The van der Waals surface area contributed by atoms with Gasteiger partial charge in [0.2, 0.25) is 0 Å². The van der Waals surface area contributed by atoms with Crippen LogP contribution in [0.2, 0.25) is 0 Å². The first-order chi connectivity index (χ1) is 7.69. The lowest BCUT2D eigenvalue weighted by Crippen LogP contribution is -2.27. The van der Waals surface area contributed by atoms with E-state index < -0.39 is 0 Å². The lowest BCUT2D eigenvalue weighted by atomic mass is 9.87. The zero-order valence-electron chi connectivity index (χ0n) is 9.53. The topological polar surface area (TPSA) is 52.3 Å². The molecular weight excluding hydrogens is 202 g/mol. The molecule has 1 unspecified atom stereocenters. The molecule has 3 heteroatoms. The van der Waals surface area contributed by atoms with Crippen LogP contribution in [0.3, 0.4) is 0 Å². The third-order valence-electron chi connectivity index (χ3n) is 3.11. The van der Waals surface area contributed by atoms with Gasteiger partial charge in [0.15, 0.2) is 0 Å². The summed E-state index contributed by atoms with van der Waals surface area (Å²) < 4.78 is 4.66. The van der Waals surface area contributed by atoms with E-state index in [9.17, 15) is 4.79 Å². The molecule has 2 rings (SSSR count). The van der Waals surface area contributed by atoms with Crippen LogP contribution in [-0.2, 0) is 28.8 Å². The second-order valence-electron chi connectivity index (χ2n) is 4.36. The molecular formula is C13H17NO2. The number of benzene rings is 1. The van der Waals surface area contributed by atoms with E-state index in [-0.39, 0.29) is 5.97 Å². The van der Waals surface area contributed by atoms with E-state index in [2.05, 4.69) is 16.9 Å². The van der Waals surface area contributed by atoms with Gasteiger partial charge in [-0.05, 0) is 36.0 Å². The van der Waals surface area contributed by atoms with Crippen molar-refractivity contribution in [2.75, 3.05) is 7.11 Å². The molecule has 0 spiro atoms. The molecule has 0 heterocycles. The normalized spacial score (nSPS) is 19.0. The van der Waals surface area contributed by atoms with E-state index in [4.69, 9.17) is 5.73 Å². The molecule has 1 aliphatic rings. The van der Waals surface area contributed by atoms with E-state index in [1.807, 2.05) is 6.07 Å². The van der Waals surface area contributed by atoms with Crippen molar-refractivity contribution < 1.29 is 9.53 Å². The van der Waals surface area contributed by atoms with E-state index in [1.54, 1.807) is 0 Å². The highest BCUT2D eigenvalue weighted by Crippen LogP contribution is 2.22. The van der Waals surface area contributed by atoms with Gasteiger partial charge in [-0.3, -0.25) is 4.79 Å². The molecule has 0 amide bonds. The Labute approximate surface area is 95.6 Å². The second kappa shape index (κ2) is 4.66. The zero-order chi connectivity index (χ0) is 11.5. The number of nitrogens with two attached hydrogens (primary N) is 1. The summed E-state index contributed by atoms with van der Waals surface area (Å²) >= 11 is 0. The Hall–Kier alpha value is -1.35. The highest BCUT2D eigenvalue weighted by Gasteiger charge is 2.15. The average molecular weight is 219 g/mol.